The van der Waals surface area contributed by atoms with Crippen LogP contribution in [0.25, 0.3) is 0 Å². The van der Waals surface area contributed by atoms with Crippen molar-refractivity contribution >= 4 is 13.2 Å². The van der Waals surface area contributed by atoms with Crippen LogP contribution in [0.4, 0.5) is 0 Å². The minimum atomic E-state index is -0.958. The van der Waals surface area contributed by atoms with Gasteiger partial charge < -0.3 is 17.1 Å². The molecular formula is C17H34ClO2P. The monoisotopic (exact) mass is 336 g/mol. The second-order valence-electron chi connectivity index (χ2n) is 5.70. The lowest BCUT2D eigenvalue weighted by Gasteiger charge is -2.27. The number of unbranched alkanes of at least 4 members (excludes halogenated alkanes) is 3. The highest BCUT2D eigenvalue weighted by molar-refractivity contribution is 7.75. The van der Waals surface area contributed by atoms with E-state index in [0.29, 0.717) is 6.42 Å². The van der Waals surface area contributed by atoms with Gasteiger partial charge in [0.05, 0.1) is 37.3 Å². The number of carbonyl (C=O) groups excluding carboxylic acids is 1. The molecule has 4 heteroatoms. The molecule has 0 heterocycles. The van der Waals surface area contributed by atoms with Gasteiger partial charge in [0.1, 0.15) is 0 Å². The second-order valence-corrected chi connectivity index (χ2v) is 10.2. The number of hydrogen-bond donors (Lipinski definition) is 0. The van der Waals surface area contributed by atoms with Crippen molar-refractivity contribution in [3.8, 4) is 0 Å². The standard InChI is InChI=1S/C17H34O2P.ClH/c1-5-9-13-20(14-10-6-2,15-11-7-3)16-12-17(18)19-8-4;/h8H,4-7,9-16H2,1-3H3;1H/q+1;/p-1. The number of carbonyl (C=O) groups is 1. The smallest absolute Gasteiger partial charge is 0.314 e. The molecule has 0 aliphatic heterocycles. The summed E-state index contributed by atoms with van der Waals surface area (Å²) in [5.74, 6) is -0.103. The van der Waals surface area contributed by atoms with E-state index in [0.717, 1.165) is 6.16 Å². The average molecular weight is 337 g/mol. The van der Waals surface area contributed by atoms with E-state index in [-0.39, 0.29) is 18.4 Å². The molecular weight excluding hydrogens is 303 g/mol. The lowest BCUT2D eigenvalue weighted by molar-refractivity contribution is -0.137. The van der Waals surface area contributed by atoms with Gasteiger partial charge in [-0.3, -0.25) is 4.79 Å². The third kappa shape index (κ3) is 11.2. The first kappa shape index (κ1) is 23.2. The van der Waals surface area contributed by atoms with Crippen molar-refractivity contribution < 1.29 is 21.9 Å². The Morgan fingerprint density at radius 1 is 0.952 bits per heavy atom. The van der Waals surface area contributed by atoms with Crippen molar-refractivity contribution in [3.05, 3.63) is 12.8 Å². The minimum Gasteiger partial charge on any atom is -1.00 e. The van der Waals surface area contributed by atoms with Crippen molar-refractivity contribution in [1.82, 2.24) is 0 Å². The van der Waals surface area contributed by atoms with Crippen LogP contribution in [-0.4, -0.2) is 30.6 Å². The Kier molecular flexibility index (Phi) is 16.4. The molecule has 0 bridgehead atoms. The maximum absolute atomic E-state index is 11.6. The molecule has 0 fully saturated rings. The minimum absolute atomic E-state index is 0. The van der Waals surface area contributed by atoms with Crippen molar-refractivity contribution in [2.24, 2.45) is 0 Å². The molecule has 0 saturated carbocycles. The lowest BCUT2D eigenvalue weighted by atomic mass is 10.4. The van der Waals surface area contributed by atoms with Gasteiger partial charge in [-0.1, -0.05) is 46.6 Å². The van der Waals surface area contributed by atoms with Crippen LogP contribution in [0.3, 0.4) is 0 Å². The summed E-state index contributed by atoms with van der Waals surface area (Å²) in [7, 11) is -0.958. The first-order chi connectivity index (χ1) is 9.64. The van der Waals surface area contributed by atoms with Crippen molar-refractivity contribution in [2.45, 2.75) is 65.7 Å². The molecule has 2 nitrogen and oxygen atoms in total. The van der Waals surface area contributed by atoms with Crippen LogP contribution >= 0.6 is 7.26 Å². The topological polar surface area (TPSA) is 26.3 Å². The summed E-state index contributed by atoms with van der Waals surface area (Å²) >= 11 is 0. The average Bonchev–Trinajstić information content (AvgIpc) is 2.46. The number of hydrogen-bond acceptors (Lipinski definition) is 2. The Hall–Kier alpha value is -0.0700. The highest BCUT2D eigenvalue weighted by Crippen LogP contribution is 2.61. The van der Waals surface area contributed by atoms with Crippen LogP contribution in [0.2, 0.25) is 0 Å². The SMILES string of the molecule is C=COC(=O)CC[P+](CCCC)(CCCC)CCCC.[Cl-]. The zero-order chi connectivity index (χ0) is 15.3. The van der Waals surface area contributed by atoms with E-state index >= 15 is 0 Å². The maximum Gasteiger partial charge on any atom is 0.314 e. The van der Waals surface area contributed by atoms with Crippen molar-refractivity contribution in [3.63, 3.8) is 0 Å². The van der Waals surface area contributed by atoms with E-state index in [1.807, 2.05) is 0 Å². The van der Waals surface area contributed by atoms with Crippen LogP contribution in [0.5, 0.6) is 0 Å². The third-order valence-corrected chi connectivity index (χ3v) is 8.93. The van der Waals surface area contributed by atoms with Gasteiger partial charge in [0.2, 0.25) is 0 Å². The highest BCUT2D eigenvalue weighted by Gasteiger charge is 2.35. The summed E-state index contributed by atoms with van der Waals surface area (Å²) in [6, 6.07) is 0. The van der Waals surface area contributed by atoms with Gasteiger partial charge in [-0.05, 0) is 19.3 Å². The molecule has 0 saturated heterocycles. The normalized spacial score (nSPS) is 10.8. The van der Waals surface area contributed by atoms with E-state index in [1.54, 1.807) is 0 Å². The first-order valence-corrected chi connectivity index (χ1v) is 10.8. The Labute approximate surface area is 138 Å². The molecule has 0 rings (SSSR count). The lowest BCUT2D eigenvalue weighted by Crippen LogP contribution is -3.00. The van der Waals surface area contributed by atoms with E-state index < -0.39 is 7.26 Å². The summed E-state index contributed by atoms with van der Waals surface area (Å²) in [5.41, 5.74) is 0. The van der Waals surface area contributed by atoms with Gasteiger partial charge in [0.15, 0.2) is 0 Å². The number of ether oxygens (including phenoxy) is 1. The third-order valence-electron chi connectivity index (χ3n) is 3.96. The number of rotatable bonds is 13. The van der Waals surface area contributed by atoms with E-state index in [1.165, 1.54) is 63.3 Å². The van der Waals surface area contributed by atoms with Crippen LogP contribution in [0.1, 0.15) is 65.7 Å². The molecule has 0 radical (unpaired) electrons. The molecule has 0 amide bonds. The Bertz CT molecular complexity index is 248. The molecule has 0 aromatic heterocycles. The molecule has 0 aliphatic carbocycles. The molecule has 0 aromatic carbocycles. The molecule has 0 N–H and O–H groups in total. The summed E-state index contributed by atoms with van der Waals surface area (Å²) in [5, 5.41) is 0. The van der Waals surface area contributed by atoms with Crippen LogP contribution in [0, 0.1) is 0 Å². The first-order valence-electron chi connectivity index (χ1n) is 8.29. The fourth-order valence-electron chi connectivity index (χ4n) is 2.63. The van der Waals surface area contributed by atoms with Gasteiger partial charge in [0, 0.05) is 7.26 Å². The van der Waals surface area contributed by atoms with Gasteiger partial charge in [-0.25, -0.2) is 0 Å². The summed E-state index contributed by atoms with van der Waals surface area (Å²) < 4.78 is 4.89. The Morgan fingerprint density at radius 2 is 1.38 bits per heavy atom. The van der Waals surface area contributed by atoms with Crippen molar-refractivity contribution in [1.29, 1.82) is 0 Å². The number of esters is 1. The highest BCUT2D eigenvalue weighted by atomic mass is 35.5. The molecule has 0 aliphatic rings. The zero-order valence-electron chi connectivity index (χ0n) is 14.2. The maximum atomic E-state index is 11.6. The van der Waals surface area contributed by atoms with Gasteiger partial charge in [0.25, 0.3) is 0 Å². The van der Waals surface area contributed by atoms with Crippen LogP contribution < -0.4 is 12.4 Å². The van der Waals surface area contributed by atoms with E-state index in [9.17, 15) is 4.79 Å². The molecule has 21 heavy (non-hydrogen) atoms. The van der Waals surface area contributed by atoms with Gasteiger partial charge >= 0.3 is 5.97 Å². The predicted molar refractivity (Wildman–Crippen MR) is 92.0 cm³/mol. The quantitative estimate of drug-likeness (QED) is 0.293. The fraction of sp³-hybridized carbons (Fsp3) is 0.824. The van der Waals surface area contributed by atoms with E-state index in [4.69, 9.17) is 4.74 Å². The fourth-order valence-corrected chi connectivity index (χ4v) is 7.59. The second kappa shape index (κ2) is 14.9. The van der Waals surface area contributed by atoms with Gasteiger partial charge in [-0.15, -0.1) is 0 Å². The van der Waals surface area contributed by atoms with E-state index in [2.05, 4.69) is 27.4 Å². The summed E-state index contributed by atoms with van der Waals surface area (Å²) in [6.07, 6.45) is 14.8. The van der Waals surface area contributed by atoms with Crippen LogP contribution in [0.15, 0.2) is 12.8 Å². The molecule has 0 unspecified atom stereocenters. The summed E-state index contributed by atoms with van der Waals surface area (Å²) in [4.78, 5) is 11.6. The Morgan fingerprint density at radius 3 is 1.71 bits per heavy atom. The van der Waals surface area contributed by atoms with Gasteiger partial charge in [-0.2, -0.15) is 0 Å². The molecule has 0 aromatic rings. The Balaban J connectivity index is 0. The largest absolute Gasteiger partial charge is 1.00 e. The van der Waals surface area contributed by atoms with Crippen LogP contribution in [-0.2, 0) is 9.53 Å². The molecule has 0 spiro atoms. The van der Waals surface area contributed by atoms with Crippen molar-refractivity contribution in [2.75, 3.05) is 24.6 Å². The molecule has 0 atom stereocenters. The zero-order valence-corrected chi connectivity index (χ0v) is 15.9. The summed E-state index contributed by atoms with van der Waals surface area (Å²) in [6.45, 7) is 10.3. The molecule has 126 valence electrons. The number of halogens is 1. The predicted octanol–water partition coefficient (Wildman–Crippen LogP) is 2.49.